The molecule has 2 atom stereocenters. The second kappa shape index (κ2) is 8.77. The van der Waals surface area contributed by atoms with Crippen molar-refractivity contribution in [1.29, 1.82) is 0 Å². The molecule has 2 aromatic rings. The molecule has 2 aliphatic rings. The van der Waals surface area contributed by atoms with Crippen LogP contribution < -0.4 is 4.90 Å². The van der Waals surface area contributed by atoms with E-state index in [1.165, 1.54) is 19.5 Å². The van der Waals surface area contributed by atoms with Gasteiger partial charge in [-0.15, -0.1) is 10.2 Å². The topological polar surface area (TPSA) is 69.6 Å². The molecule has 6 nitrogen and oxygen atoms in total. The van der Waals surface area contributed by atoms with E-state index >= 15 is 0 Å². The molecule has 1 aromatic carbocycles. The number of likely N-dealkylation sites (tertiary alicyclic amines) is 1. The van der Waals surface area contributed by atoms with Crippen molar-refractivity contribution < 1.29 is 23.1 Å². The van der Waals surface area contributed by atoms with E-state index in [1.54, 1.807) is 0 Å². The number of carbonyl (C=O) groups is 1. The Morgan fingerprint density at radius 1 is 1.03 bits per heavy atom. The molecular weight excluding hydrogens is 385 g/mol. The van der Waals surface area contributed by atoms with E-state index < -0.39 is 12.1 Å². The molecular formula is C20H23F3N4O2. The molecule has 1 N–H and O–H groups in total. The second-order valence-electron chi connectivity index (χ2n) is 7.42. The lowest BCUT2D eigenvalue weighted by atomic mass is 9.89. The lowest BCUT2D eigenvalue weighted by molar-refractivity contribution is -0.192. The molecule has 0 saturated carbocycles. The molecule has 0 spiro atoms. The minimum atomic E-state index is -5.08. The number of aromatic nitrogens is 2. The molecule has 2 saturated heterocycles. The quantitative estimate of drug-likeness (QED) is 0.823. The number of hydrogen-bond donors (Lipinski definition) is 1. The zero-order chi connectivity index (χ0) is 21.0. The summed E-state index contributed by atoms with van der Waals surface area (Å²) < 4.78 is 31.7. The van der Waals surface area contributed by atoms with Gasteiger partial charge in [0.2, 0.25) is 0 Å². The fraction of sp³-hybridized carbons (Fsp3) is 0.450. The van der Waals surface area contributed by atoms with E-state index in [0.29, 0.717) is 0 Å². The molecule has 0 amide bonds. The van der Waals surface area contributed by atoms with Gasteiger partial charge in [0.1, 0.15) is 0 Å². The number of alkyl halides is 3. The Labute approximate surface area is 167 Å². The average molecular weight is 408 g/mol. The Morgan fingerprint density at radius 3 is 2.28 bits per heavy atom. The zero-order valence-corrected chi connectivity index (χ0v) is 16.0. The smallest absolute Gasteiger partial charge is 0.475 e. The maximum atomic E-state index is 10.6. The highest BCUT2D eigenvalue weighted by atomic mass is 19.4. The van der Waals surface area contributed by atoms with Gasteiger partial charge < -0.3 is 14.9 Å². The van der Waals surface area contributed by atoms with E-state index in [9.17, 15) is 13.2 Å². The third-order valence-electron chi connectivity index (χ3n) is 5.29. The van der Waals surface area contributed by atoms with Crippen LogP contribution in [0.3, 0.4) is 0 Å². The van der Waals surface area contributed by atoms with Crippen LogP contribution in [0.15, 0.2) is 42.5 Å². The van der Waals surface area contributed by atoms with Crippen molar-refractivity contribution in [3.8, 4) is 11.3 Å². The molecule has 2 unspecified atom stereocenters. The number of fused-ring (bicyclic) bond motifs is 1. The maximum Gasteiger partial charge on any atom is 0.490 e. The minimum Gasteiger partial charge on any atom is -0.475 e. The number of halogens is 3. The molecule has 9 heteroatoms. The highest BCUT2D eigenvalue weighted by molar-refractivity contribution is 5.73. The van der Waals surface area contributed by atoms with Gasteiger partial charge in [-0.2, -0.15) is 13.2 Å². The van der Waals surface area contributed by atoms with Gasteiger partial charge in [0.25, 0.3) is 0 Å². The van der Waals surface area contributed by atoms with Crippen LogP contribution in [0, 0.1) is 11.8 Å². The van der Waals surface area contributed by atoms with Crippen LogP contribution in [0.4, 0.5) is 19.0 Å². The Morgan fingerprint density at radius 2 is 1.69 bits per heavy atom. The van der Waals surface area contributed by atoms with Gasteiger partial charge in [-0.1, -0.05) is 30.3 Å². The van der Waals surface area contributed by atoms with Crippen molar-refractivity contribution in [2.45, 2.75) is 12.6 Å². The SMILES string of the molecule is CN1CCC2CN(c3ccc(-c4ccccc4)nn3)CC2C1.O=C(O)C(F)(F)F. The number of aliphatic carboxylic acids is 1. The third kappa shape index (κ3) is 5.44. The number of hydrogen-bond acceptors (Lipinski definition) is 5. The normalized spacial score (nSPS) is 21.9. The van der Waals surface area contributed by atoms with Gasteiger partial charge in [-0.25, -0.2) is 4.79 Å². The molecule has 0 radical (unpaired) electrons. The van der Waals surface area contributed by atoms with Crippen LogP contribution in [-0.4, -0.2) is 65.6 Å². The lowest BCUT2D eigenvalue weighted by Crippen LogP contribution is -2.37. The van der Waals surface area contributed by atoms with E-state index in [1.807, 2.05) is 18.2 Å². The van der Waals surface area contributed by atoms with Crippen molar-refractivity contribution in [3.63, 3.8) is 0 Å². The standard InChI is InChI=1S/C18H22N4.C2HF3O2/c1-21-10-9-15-12-22(13-16(15)11-21)18-8-7-17(19-20-18)14-5-3-2-4-6-14;3-2(4,5)1(6)7/h2-8,15-16H,9-13H2,1H3;(H,6,7). The number of rotatable bonds is 2. The average Bonchev–Trinajstić information content (AvgIpc) is 3.12. The largest absolute Gasteiger partial charge is 0.490 e. The van der Waals surface area contributed by atoms with E-state index in [2.05, 4.69) is 51.3 Å². The van der Waals surface area contributed by atoms with E-state index in [4.69, 9.17) is 9.90 Å². The number of piperidine rings is 1. The zero-order valence-electron chi connectivity index (χ0n) is 16.0. The molecule has 4 rings (SSSR count). The monoisotopic (exact) mass is 408 g/mol. The molecule has 3 heterocycles. The maximum absolute atomic E-state index is 10.6. The summed E-state index contributed by atoms with van der Waals surface area (Å²) in [6, 6.07) is 14.4. The van der Waals surface area contributed by atoms with Crippen LogP contribution in [0.25, 0.3) is 11.3 Å². The highest BCUT2D eigenvalue weighted by Gasteiger charge is 2.38. The summed E-state index contributed by atoms with van der Waals surface area (Å²) in [6.45, 7) is 4.70. The number of benzene rings is 1. The van der Waals surface area contributed by atoms with E-state index in [-0.39, 0.29) is 0 Å². The molecule has 0 aliphatic carbocycles. The van der Waals surface area contributed by atoms with Crippen molar-refractivity contribution in [2.75, 3.05) is 38.1 Å². The van der Waals surface area contributed by atoms with Crippen LogP contribution >= 0.6 is 0 Å². The molecule has 29 heavy (non-hydrogen) atoms. The van der Waals surface area contributed by atoms with Gasteiger partial charge in [-0.3, -0.25) is 0 Å². The van der Waals surface area contributed by atoms with Crippen LogP contribution in [0.5, 0.6) is 0 Å². The fourth-order valence-corrected chi connectivity index (χ4v) is 3.79. The molecule has 156 valence electrons. The van der Waals surface area contributed by atoms with Gasteiger partial charge in [0, 0.05) is 25.2 Å². The molecule has 2 fully saturated rings. The van der Waals surface area contributed by atoms with Crippen LogP contribution in [0.1, 0.15) is 6.42 Å². The Bertz CT molecular complexity index is 815. The summed E-state index contributed by atoms with van der Waals surface area (Å²) in [7, 11) is 2.23. The summed E-state index contributed by atoms with van der Waals surface area (Å²) >= 11 is 0. The van der Waals surface area contributed by atoms with Crippen molar-refractivity contribution in [3.05, 3.63) is 42.5 Å². The van der Waals surface area contributed by atoms with Gasteiger partial charge in [-0.05, 0) is 44.0 Å². The highest BCUT2D eigenvalue weighted by Crippen LogP contribution is 2.33. The Hall–Kier alpha value is -2.68. The predicted octanol–water partition coefficient (Wildman–Crippen LogP) is 3.16. The van der Waals surface area contributed by atoms with E-state index in [0.717, 1.165) is 42.0 Å². The summed E-state index contributed by atoms with van der Waals surface area (Å²) in [5.74, 6) is -0.120. The molecule has 1 aromatic heterocycles. The van der Waals surface area contributed by atoms with Crippen LogP contribution in [0.2, 0.25) is 0 Å². The predicted molar refractivity (Wildman–Crippen MR) is 102 cm³/mol. The number of anilines is 1. The lowest BCUT2D eigenvalue weighted by Gasteiger charge is -2.31. The number of carboxylic acid groups (broad SMARTS) is 1. The second-order valence-corrected chi connectivity index (χ2v) is 7.42. The van der Waals surface area contributed by atoms with Gasteiger partial charge in [0.05, 0.1) is 5.69 Å². The number of nitrogens with zero attached hydrogens (tertiary/aromatic N) is 4. The van der Waals surface area contributed by atoms with Crippen molar-refractivity contribution in [2.24, 2.45) is 11.8 Å². The first-order valence-electron chi connectivity index (χ1n) is 9.37. The van der Waals surface area contributed by atoms with Gasteiger partial charge in [0.15, 0.2) is 5.82 Å². The fourth-order valence-electron chi connectivity index (χ4n) is 3.79. The first-order valence-corrected chi connectivity index (χ1v) is 9.37. The van der Waals surface area contributed by atoms with Crippen molar-refractivity contribution in [1.82, 2.24) is 15.1 Å². The summed E-state index contributed by atoms with van der Waals surface area (Å²) in [6.07, 6.45) is -3.77. The minimum absolute atomic E-state index is 0.786. The summed E-state index contributed by atoms with van der Waals surface area (Å²) in [5.41, 5.74) is 2.07. The Kier molecular flexibility index (Phi) is 6.36. The number of carboxylic acids is 1. The molecule has 2 aliphatic heterocycles. The Balaban J connectivity index is 0.000000298. The molecule has 0 bridgehead atoms. The summed E-state index contributed by atoms with van der Waals surface area (Å²) in [5, 5.41) is 16.0. The van der Waals surface area contributed by atoms with Crippen LogP contribution in [-0.2, 0) is 4.79 Å². The third-order valence-corrected chi connectivity index (χ3v) is 5.29. The van der Waals surface area contributed by atoms with Gasteiger partial charge >= 0.3 is 12.1 Å². The first kappa shape index (κ1) is 21.0. The first-order chi connectivity index (χ1) is 13.7. The summed E-state index contributed by atoms with van der Waals surface area (Å²) in [4.78, 5) is 13.8. The van der Waals surface area contributed by atoms with Crippen molar-refractivity contribution >= 4 is 11.8 Å².